The van der Waals surface area contributed by atoms with Crippen LogP contribution < -0.4 is 5.73 Å². The van der Waals surface area contributed by atoms with E-state index in [1.165, 1.54) is 24.4 Å². The first kappa shape index (κ1) is 11.0. The lowest BCUT2D eigenvalue weighted by molar-refractivity contribution is 0.101. The Morgan fingerprint density at radius 3 is 3.13 bits per heavy atom. The standard InChI is InChI=1S/C10H17N3OS/c1-7-10(15-13-12-7)9(11)5-4-8-3-2-6-14-8/h8-9H,2-6,11H2,1H3. The van der Waals surface area contributed by atoms with Crippen LogP contribution in [-0.2, 0) is 4.74 Å². The molecule has 1 aromatic heterocycles. The van der Waals surface area contributed by atoms with Gasteiger partial charge in [-0.1, -0.05) is 4.49 Å². The van der Waals surface area contributed by atoms with Gasteiger partial charge in [-0.2, -0.15) is 0 Å². The Balaban J connectivity index is 1.81. The lowest BCUT2D eigenvalue weighted by Crippen LogP contribution is -2.14. The van der Waals surface area contributed by atoms with Gasteiger partial charge in [-0.05, 0) is 44.1 Å². The van der Waals surface area contributed by atoms with E-state index in [1.54, 1.807) is 0 Å². The molecule has 0 spiro atoms. The van der Waals surface area contributed by atoms with Crippen molar-refractivity contribution in [2.24, 2.45) is 5.73 Å². The Labute approximate surface area is 94.0 Å². The highest BCUT2D eigenvalue weighted by Gasteiger charge is 2.19. The molecular formula is C10H17N3OS. The molecule has 0 aliphatic carbocycles. The van der Waals surface area contributed by atoms with Crippen LogP contribution >= 0.6 is 11.5 Å². The number of nitrogens with zero attached hydrogens (tertiary/aromatic N) is 2. The fraction of sp³-hybridized carbons (Fsp3) is 0.800. The predicted octanol–water partition coefficient (Wildman–Crippen LogP) is 1.81. The van der Waals surface area contributed by atoms with E-state index in [0.29, 0.717) is 6.10 Å². The van der Waals surface area contributed by atoms with Crippen LogP contribution in [0.1, 0.15) is 42.3 Å². The van der Waals surface area contributed by atoms with E-state index in [2.05, 4.69) is 9.59 Å². The number of hydrogen-bond donors (Lipinski definition) is 1. The third-order valence-corrected chi connectivity index (χ3v) is 3.81. The fourth-order valence-electron chi connectivity index (χ4n) is 1.95. The molecule has 5 heteroatoms. The van der Waals surface area contributed by atoms with E-state index < -0.39 is 0 Å². The molecule has 1 aliphatic rings. The summed E-state index contributed by atoms with van der Waals surface area (Å²) in [7, 11) is 0. The van der Waals surface area contributed by atoms with Crippen molar-refractivity contribution >= 4 is 11.5 Å². The second-order valence-electron chi connectivity index (χ2n) is 4.04. The van der Waals surface area contributed by atoms with Gasteiger partial charge in [0.15, 0.2) is 0 Å². The summed E-state index contributed by atoms with van der Waals surface area (Å²) in [5.74, 6) is 0. The van der Waals surface area contributed by atoms with Crippen LogP contribution in [0.15, 0.2) is 0 Å². The number of hydrogen-bond acceptors (Lipinski definition) is 5. The molecule has 2 heterocycles. The monoisotopic (exact) mass is 227 g/mol. The number of aryl methyl sites for hydroxylation is 1. The topological polar surface area (TPSA) is 61.0 Å². The van der Waals surface area contributed by atoms with Crippen molar-refractivity contribution in [1.82, 2.24) is 9.59 Å². The first-order chi connectivity index (χ1) is 7.27. The quantitative estimate of drug-likeness (QED) is 0.852. The minimum atomic E-state index is 0.0780. The fourth-order valence-corrected chi connectivity index (χ4v) is 2.62. The molecule has 1 saturated heterocycles. The van der Waals surface area contributed by atoms with E-state index in [9.17, 15) is 0 Å². The van der Waals surface area contributed by atoms with Crippen LogP contribution in [0.25, 0.3) is 0 Å². The van der Waals surface area contributed by atoms with Crippen LogP contribution in [0, 0.1) is 6.92 Å². The summed E-state index contributed by atoms with van der Waals surface area (Å²) < 4.78 is 9.47. The summed E-state index contributed by atoms with van der Waals surface area (Å²) in [5, 5.41) is 3.97. The summed E-state index contributed by atoms with van der Waals surface area (Å²) >= 11 is 1.41. The molecular weight excluding hydrogens is 210 g/mol. The maximum Gasteiger partial charge on any atom is 0.0772 e. The Morgan fingerprint density at radius 1 is 1.67 bits per heavy atom. The molecule has 0 bridgehead atoms. The van der Waals surface area contributed by atoms with Crippen LogP contribution in [-0.4, -0.2) is 22.3 Å². The van der Waals surface area contributed by atoms with Crippen LogP contribution in [0.3, 0.4) is 0 Å². The maximum absolute atomic E-state index is 6.09. The molecule has 15 heavy (non-hydrogen) atoms. The SMILES string of the molecule is Cc1nnsc1C(N)CCC1CCCO1. The lowest BCUT2D eigenvalue weighted by Gasteiger charge is -2.13. The van der Waals surface area contributed by atoms with Crippen molar-refractivity contribution in [2.75, 3.05) is 6.61 Å². The summed E-state index contributed by atoms with van der Waals surface area (Å²) in [6.07, 6.45) is 4.83. The highest BCUT2D eigenvalue weighted by Crippen LogP contribution is 2.25. The number of nitrogens with two attached hydrogens (primary N) is 1. The summed E-state index contributed by atoms with van der Waals surface area (Å²) in [5.41, 5.74) is 7.07. The third kappa shape index (κ3) is 2.74. The van der Waals surface area contributed by atoms with Crippen LogP contribution in [0.2, 0.25) is 0 Å². The molecule has 0 aromatic carbocycles. The highest BCUT2D eigenvalue weighted by atomic mass is 32.1. The normalized spacial score (nSPS) is 23.2. The van der Waals surface area contributed by atoms with Crippen molar-refractivity contribution in [3.05, 3.63) is 10.6 Å². The third-order valence-electron chi connectivity index (χ3n) is 2.85. The van der Waals surface area contributed by atoms with Gasteiger partial charge < -0.3 is 10.5 Å². The van der Waals surface area contributed by atoms with Gasteiger partial charge in [0.05, 0.1) is 16.7 Å². The molecule has 4 nitrogen and oxygen atoms in total. The van der Waals surface area contributed by atoms with Crippen molar-refractivity contribution in [3.63, 3.8) is 0 Å². The molecule has 0 radical (unpaired) electrons. The molecule has 2 unspecified atom stereocenters. The smallest absolute Gasteiger partial charge is 0.0772 e. The number of aromatic nitrogens is 2. The summed E-state index contributed by atoms with van der Waals surface area (Å²) in [6, 6.07) is 0.0780. The highest BCUT2D eigenvalue weighted by molar-refractivity contribution is 7.05. The van der Waals surface area contributed by atoms with E-state index in [4.69, 9.17) is 10.5 Å². The molecule has 2 rings (SSSR count). The van der Waals surface area contributed by atoms with Crippen molar-refractivity contribution in [1.29, 1.82) is 0 Å². The lowest BCUT2D eigenvalue weighted by atomic mass is 10.0. The zero-order valence-electron chi connectivity index (χ0n) is 8.98. The zero-order valence-corrected chi connectivity index (χ0v) is 9.80. The van der Waals surface area contributed by atoms with Gasteiger partial charge in [-0.15, -0.1) is 5.10 Å². The summed E-state index contributed by atoms with van der Waals surface area (Å²) in [6.45, 7) is 2.88. The Kier molecular flexibility index (Phi) is 3.66. The van der Waals surface area contributed by atoms with Crippen LogP contribution in [0.5, 0.6) is 0 Å². The molecule has 1 fully saturated rings. The van der Waals surface area contributed by atoms with Crippen LogP contribution in [0.4, 0.5) is 0 Å². The molecule has 2 N–H and O–H groups in total. The van der Waals surface area contributed by atoms with Crippen molar-refractivity contribution < 1.29 is 4.74 Å². The molecule has 1 aromatic rings. The van der Waals surface area contributed by atoms with Gasteiger partial charge in [0, 0.05) is 12.6 Å². The molecule has 84 valence electrons. The number of rotatable bonds is 4. The Morgan fingerprint density at radius 2 is 2.53 bits per heavy atom. The Bertz CT molecular complexity index is 309. The minimum Gasteiger partial charge on any atom is -0.378 e. The largest absolute Gasteiger partial charge is 0.378 e. The van der Waals surface area contributed by atoms with Gasteiger partial charge in [-0.3, -0.25) is 0 Å². The molecule has 2 atom stereocenters. The van der Waals surface area contributed by atoms with Gasteiger partial charge in [-0.25, -0.2) is 0 Å². The van der Waals surface area contributed by atoms with E-state index in [1.807, 2.05) is 6.92 Å². The summed E-state index contributed by atoms with van der Waals surface area (Å²) in [4.78, 5) is 1.12. The zero-order chi connectivity index (χ0) is 10.7. The molecule has 0 saturated carbocycles. The predicted molar refractivity (Wildman–Crippen MR) is 59.8 cm³/mol. The van der Waals surface area contributed by atoms with E-state index in [0.717, 1.165) is 30.0 Å². The Hall–Kier alpha value is -0.520. The first-order valence-electron chi connectivity index (χ1n) is 5.43. The minimum absolute atomic E-state index is 0.0780. The van der Waals surface area contributed by atoms with E-state index in [-0.39, 0.29) is 6.04 Å². The second-order valence-corrected chi connectivity index (χ2v) is 4.83. The van der Waals surface area contributed by atoms with Crippen molar-refractivity contribution in [2.45, 2.75) is 44.8 Å². The second kappa shape index (κ2) is 5.01. The average Bonchev–Trinajstić information content (AvgIpc) is 2.84. The number of ether oxygens (including phenoxy) is 1. The van der Waals surface area contributed by atoms with Crippen molar-refractivity contribution in [3.8, 4) is 0 Å². The van der Waals surface area contributed by atoms with Gasteiger partial charge in [0.1, 0.15) is 0 Å². The van der Waals surface area contributed by atoms with Gasteiger partial charge in [0.2, 0.25) is 0 Å². The van der Waals surface area contributed by atoms with E-state index >= 15 is 0 Å². The van der Waals surface area contributed by atoms with Gasteiger partial charge in [0.25, 0.3) is 0 Å². The molecule has 0 amide bonds. The first-order valence-corrected chi connectivity index (χ1v) is 6.20. The van der Waals surface area contributed by atoms with Gasteiger partial charge >= 0.3 is 0 Å². The molecule has 1 aliphatic heterocycles. The average molecular weight is 227 g/mol. The maximum atomic E-state index is 6.09.